The number of hydrogen-bond donors (Lipinski definition) is 1. The maximum absolute atomic E-state index is 12.3. The number of fused-ring (bicyclic) bond motifs is 1. The fraction of sp³-hybridized carbons (Fsp3) is 0.304. The van der Waals surface area contributed by atoms with E-state index in [1.54, 1.807) is 12.4 Å². The topological polar surface area (TPSA) is 65.4 Å². The predicted octanol–water partition coefficient (Wildman–Crippen LogP) is 4.34. The number of nitrogens with zero attached hydrogens (tertiary/aromatic N) is 2. The Morgan fingerprint density at radius 1 is 1.17 bits per heavy atom. The van der Waals surface area contributed by atoms with Gasteiger partial charge in [-0.15, -0.1) is 0 Å². The summed E-state index contributed by atoms with van der Waals surface area (Å²) in [5.41, 5.74) is 4.25. The van der Waals surface area contributed by atoms with Crippen molar-refractivity contribution in [2.75, 3.05) is 19.8 Å². The van der Waals surface area contributed by atoms with Gasteiger partial charge in [-0.05, 0) is 29.2 Å². The zero-order valence-corrected chi connectivity index (χ0v) is 16.7. The van der Waals surface area contributed by atoms with Crippen LogP contribution in [0.1, 0.15) is 19.4 Å². The molecule has 0 fully saturated rings. The Kier molecular flexibility index (Phi) is 5.62. The van der Waals surface area contributed by atoms with Gasteiger partial charge in [-0.25, -0.2) is 14.3 Å². The van der Waals surface area contributed by atoms with Gasteiger partial charge in [0.1, 0.15) is 18.2 Å². The van der Waals surface area contributed by atoms with E-state index < -0.39 is 6.09 Å². The molecule has 0 unspecified atom stereocenters. The number of rotatable bonds is 4. The third-order valence-electron chi connectivity index (χ3n) is 4.77. The molecule has 3 aromatic rings. The molecule has 0 radical (unpaired) electrons. The molecule has 29 heavy (non-hydrogen) atoms. The molecule has 6 heteroatoms. The summed E-state index contributed by atoms with van der Waals surface area (Å²) in [6.07, 6.45) is 2.83. The average Bonchev–Trinajstić information content (AvgIpc) is 3.11. The molecule has 0 saturated heterocycles. The minimum absolute atomic E-state index is 0.284. The Bertz CT molecular complexity index is 993. The van der Waals surface area contributed by atoms with Crippen LogP contribution in [0.2, 0.25) is 0 Å². The van der Waals surface area contributed by atoms with Gasteiger partial charge in [-0.1, -0.05) is 44.2 Å². The number of imidazole rings is 1. The van der Waals surface area contributed by atoms with Crippen LogP contribution in [0.5, 0.6) is 5.75 Å². The van der Waals surface area contributed by atoms with Crippen LogP contribution in [0, 0.1) is 5.92 Å². The minimum Gasteiger partial charge on any atom is -0.492 e. The number of benzene rings is 2. The van der Waals surface area contributed by atoms with Crippen LogP contribution in [0.15, 0.2) is 54.9 Å². The largest absolute Gasteiger partial charge is 0.492 e. The molecule has 1 N–H and O–H groups in total. The van der Waals surface area contributed by atoms with Crippen LogP contribution in [0.4, 0.5) is 4.79 Å². The van der Waals surface area contributed by atoms with Crippen molar-refractivity contribution < 1.29 is 14.3 Å². The molecule has 0 atom stereocenters. The quantitative estimate of drug-likeness (QED) is 0.717. The molecule has 2 heterocycles. The first-order chi connectivity index (χ1) is 14.1. The van der Waals surface area contributed by atoms with Crippen molar-refractivity contribution in [2.24, 2.45) is 5.92 Å². The lowest BCUT2D eigenvalue weighted by molar-refractivity contribution is 0.135. The van der Waals surface area contributed by atoms with Crippen molar-refractivity contribution in [3.05, 3.63) is 60.4 Å². The summed E-state index contributed by atoms with van der Waals surface area (Å²) in [5, 5.41) is 3.36. The van der Waals surface area contributed by atoms with Crippen LogP contribution >= 0.6 is 0 Å². The van der Waals surface area contributed by atoms with Gasteiger partial charge in [-0.2, -0.15) is 0 Å². The van der Waals surface area contributed by atoms with Gasteiger partial charge < -0.3 is 14.8 Å². The standard InChI is InChI=1S/C23H25N3O3/c1-16(2)15-29-23(27)26-11-9-25-22(26)18-5-3-17(4-6-18)19-7-8-21-20(13-19)14-24-10-12-28-21/h3-9,11,13,16,24H,10,12,14-15H2,1-2H3. The van der Waals surface area contributed by atoms with Crippen LogP contribution in [-0.2, 0) is 11.3 Å². The van der Waals surface area contributed by atoms with Crippen molar-refractivity contribution in [2.45, 2.75) is 20.4 Å². The smallest absolute Gasteiger partial charge is 0.419 e. The van der Waals surface area contributed by atoms with E-state index in [0.717, 1.165) is 41.1 Å². The molecule has 0 bridgehead atoms. The maximum atomic E-state index is 12.3. The molecule has 0 spiro atoms. The SMILES string of the molecule is CC(C)COC(=O)n1ccnc1-c1ccc(-c2ccc3c(c2)CNCCO3)cc1. The lowest BCUT2D eigenvalue weighted by Gasteiger charge is -2.11. The summed E-state index contributed by atoms with van der Waals surface area (Å²) in [7, 11) is 0. The summed E-state index contributed by atoms with van der Waals surface area (Å²) >= 11 is 0. The normalized spacial score (nSPS) is 13.5. The number of carbonyl (C=O) groups is 1. The van der Waals surface area contributed by atoms with Crippen molar-refractivity contribution in [3.63, 3.8) is 0 Å². The van der Waals surface area contributed by atoms with Gasteiger partial charge in [0.2, 0.25) is 0 Å². The third-order valence-corrected chi connectivity index (χ3v) is 4.77. The highest BCUT2D eigenvalue weighted by molar-refractivity contribution is 5.77. The van der Waals surface area contributed by atoms with Crippen molar-refractivity contribution in [1.29, 1.82) is 0 Å². The fourth-order valence-corrected chi connectivity index (χ4v) is 3.28. The molecule has 150 valence electrons. The highest BCUT2D eigenvalue weighted by Crippen LogP contribution is 2.29. The molecule has 1 aromatic heterocycles. The number of ether oxygens (including phenoxy) is 2. The molecule has 6 nitrogen and oxygen atoms in total. The van der Waals surface area contributed by atoms with Crippen molar-refractivity contribution >= 4 is 6.09 Å². The lowest BCUT2D eigenvalue weighted by Crippen LogP contribution is -2.16. The number of nitrogens with one attached hydrogen (secondary N) is 1. The van der Waals surface area contributed by atoms with E-state index in [2.05, 4.69) is 22.4 Å². The van der Waals surface area contributed by atoms with Crippen molar-refractivity contribution in [1.82, 2.24) is 14.9 Å². The molecule has 1 aliphatic rings. The Hall–Kier alpha value is -3.12. The van der Waals surface area contributed by atoms with Gasteiger partial charge >= 0.3 is 6.09 Å². The number of carbonyl (C=O) groups excluding carboxylic acids is 1. The summed E-state index contributed by atoms with van der Waals surface area (Å²) in [5.74, 6) is 1.80. The Morgan fingerprint density at radius 2 is 1.93 bits per heavy atom. The Balaban J connectivity index is 1.56. The van der Waals surface area contributed by atoms with E-state index in [0.29, 0.717) is 19.0 Å². The third kappa shape index (κ3) is 4.32. The summed E-state index contributed by atoms with van der Waals surface area (Å²) in [6, 6.07) is 14.3. The molecule has 2 aromatic carbocycles. The average molecular weight is 391 g/mol. The van der Waals surface area contributed by atoms with Crippen LogP contribution < -0.4 is 10.1 Å². The van der Waals surface area contributed by atoms with Gasteiger partial charge in [0.25, 0.3) is 0 Å². The van der Waals surface area contributed by atoms with E-state index in [9.17, 15) is 4.79 Å². The second-order valence-electron chi connectivity index (χ2n) is 7.52. The molecular weight excluding hydrogens is 366 g/mol. The highest BCUT2D eigenvalue weighted by Gasteiger charge is 2.15. The number of hydrogen-bond acceptors (Lipinski definition) is 5. The van der Waals surface area contributed by atoms with Crippen LogP contribution in [0.3, 0.4) is 0 Å². The van der Waals surface area contributed by atoms with E-state index in [-0.39, 0.29) is 5.92 Å². The number of aromatic nitrogens is 2. The monoisotopic (exact) mass is 391 g/mol. The first-order valence-corrected chi connectivity index (χ1v) is 9.89. The zero-order valence-electron chi connectivity index (χ0n) is 16.7. The van der Waals surface area contributed by atoms with Crippen LogP contribution in [-0.4, -0.2) is 35.4 Å². The first-order valence-electron chi connectivity index (χ1n) is 9.89. The summed E-state index contributed by atoms with van der Waals surface area (Å²) in [6.45, 7) is 6.73. The molecule has 0 saturated carbocycles. The Morgan fingerprint density at radius 3 is 2.72 bits per heavy atom. The van der Waals surface area contributed by atoms with Gasteiger partial charge in [0, 0.05) is 36.6 Å². The van der Waals surface area contributed by atoms with E-state index in [1.165, 1.54) is 4.57 Å². The fourth-order valence-electron chi connectivity index (χ4n) is 3.28. The molecular formula is C23H25N3O3. The van der Waals surface area contributed by atoms with Crippen LogP contribution in [0.25, 0.3) is 22.5 Å². The molecule has 0 aliphatic carbocycles. The maximum Gasteiger partial charge on any atom is 0.419 e. The molecule has 1 aliphatic heterocycles. The first kappa shape index (κ1) is 19.2. The lowest BCUT2D eigenvalue weighted by atomic mass is 10.0. The molecule has 4 rings (SSSR count). The van der Waals surface area contributed by atoms with E-state index in [1.807, 2.05) is 44.2 Å². The second kappa shape index (κ2) is 8.49. The van der Waals surface area contributed by atoms with E-state index >= 15 is 0 Å². The van der Waals surface area contributed by atoms with Gasteiger partial charge in [0.15, 0.2) is 0 Å². The molecule has 0 amide bonds. The predicted molar refractivity (Wildman–Crippen MR) is 112 cm³/mol. The second-order valence-corrected chi connectivity index (χ2v) is 7.52. The minimum atomic E-state index is -0.409. The van der Waals surface area contributed by atoms with E-state index in [4.69, 9.17) is 9.47 Å². The van der Waals surface area contributed by atoms with Crippen molar-refractivity contribution in [3.8, 4) is 28.3 Å². The Labute approximate surface area is 170 Å². The highest BCUT2D eigenvalue weighted by atomic mass is 16.5. The summed E-state index contributed by atoms with van der Waals surface area (Å²) < 4.78 is 12.5. The zero-order chi connectivity index (χ0) is 20.2. The van der Waals surface area contributed by atoms with Gasteiger partial charge in [0.05, 0.1) is 6.61 Å². The van der Waals surface area contributed by atoms with Gasteiger partial charge in [-0.3, -0.25) is 0 Å². The summed E-state index contributed by atoms with van der Waals surface area (Å²) in [4.78, 5) is 16.7.